The standard InChI is InChI=1S/C27H37ClN4O2/c1-19(2)30-11-9-21(10-12-30)24-18-23(7-8-26(24)34-4)29-27(33)32-15-13-31(14-16-32)25-17-22(28)6-5-20(25)3/h5-8,17-19,21H,9-16H2,1-4H3,(H,29,33). The van der Waals surface area contributed by atoms with Crippen LogP contribution in [0.1, 0.15) is 43.7 Å². The van der Waals surface area contributed by atoms with Gasteiger partial charge in [0.1, 0.15) is 5.75 Å². The molecule has 2 heterocycles. The van der Waals surface area contributed by atoms with E-state index in [0.29, 0.717) is 25.0 Å². The van der Waals surface area contributed by atoms with E-state index in [1.165, 1.54) is 11.1 Å². The number of nitrogens with one attached hydrogen (secondary N) is 1. The lowest BCUT2D eigenvalue weighted by Crippen LogP contribution is -2.50. The van der Waals surface area contributed by atoms with Crippen LogP contribution in [0.4, 0.5) is 16.2 Å². The van der Waals surface area contributed by atoms with Gasteiger partial charge in [0.25, 0.3) is 0 Å². The van der Waals surface area contributed by atoms with Gasteiger partial charge in [0, 0.05) is 48.6 Å². The molecule has 2 fully saturated rings. The first-order valence-electron chi connectivity index (χ1n) is 12.3. The number of piperazine rings is 1. The third-order valence-electron chi connectivity index (χ3n) is 7.26. The van der Waals surface area contributed by atoms with Crippen LogP contribution >= 0.6 is 11.6 Å². The molecule has 0 atom stereocenters. The number of carbonyl (C=O) groups excluding carboxylic acids is 1. The van der Waals surface area contributed by atoms with Gasteiger partial charge in [-0.3, -0.25) is 0 Å². The van der Waals surface area contributed by atoms with Gasteiger partial charge in [0.2, 0.25) is 0 Å². The van der Waals surface area contributed by atoms with Crippen LogP contribution in [0.2, 0.25) is 5.02 Å². The number of hydrogen-bond acceptors (Lipinski definition) is 4. The summed E-state index contributed by atoms with van der Waals surface area (Å²) in [5.41, 5.74) is 4.38. The van der Waals surface area contributed by atoms with E-state index >= 15 is 0 Å². The Morgan fingerprint density at radius 3 is 2.38 bits per heavy atom. The van der Waals surface area contributed by atoms with Gasteiger partial charge in [-0.05, 0) is 94.1 Å². The normalized spacial score (nSPS) is 17.8. The molecular weight excluding hydrogens is 448 g/mol. The maximum absolute atomic E-state index is 13.0. The molecule has 0 saturated carbocycles. The van der Waals surface area contributed by atoms with Crippen LogP contribution in [-0.2, 0) is 0 Å². The van der Waals surface area contributed by atoms with Crippen molar-refractivity contribution in [3.63, 3.8) is 0 Å². The van der Waals surface area contributed by atoms with E-state index in [1.807, 2.05) is 35.2 Å². The van der Waals surface area contributed by atoms with E-state index in [1.54, 1.807) is 7.11 Å². The zero-order chi connectivity index (χ0) is 24.2. The molecule has 2 aromatic rings. The summed E-state index contributed by atoms with van der Waals surface area (Å²) in [5, 5.41) is 3.87. The highest BCUT2D eigenvalue weighted by molar-refractivity contribution is 6.30. The molecule has 0 radical (unpaired) electrons. The Bertz CT molecular complexity index is 996. The minimum absolute atomic E-state index is 0.0480. The molecule has 34 heavy (non-hydrogen) atoms. The second-order valence-electron chi connectivity index (χ2n) is 9.70. The minimum Gasteiger partial charge on any atom is -0.496 e. The van der Waals surface area contributed by atoms with Crippen LogP contribution in [0.5, 0.6) is 5.75 Å². The van der Waals surface area contributed by atoms with Gasteiger partial charge in [-0.2, -0.15) is 0 Å². The second-order valence-corrected chi connectivity index (χ2v) is 10.1. The Balaban J connectivity index is 1.38. The number of urea groups is 1. The zero-order valence-electron chi connectivity index (χ0n) is 20.8. The van der Waals surface area contributed by atoms with Crippen LogP contribution in [0, 0.1) is 6.92 Å². The molecule has 0 aromatic heterocycles. The molecule has 2 aliphatic heterocycles. The molecule has 4 rings (SSSR count). The lowest BCUT2D eigenvalue weighted by molar-refractivity contribution is 0.171. The number of anilines is 2. The summed E-state index contributed by atoms with van der Waals surface area (Å²) >= 11 is 6.20. The number of amides is 2. The average molecular weight is 485 g/mol. The smallest absolute Gasteiger partial charge is 0.321 e. The van der Waals surface area contributed by atoms with Gasteiger partial charge in [0.05, 0.1) is 7.11 Å². The van der Waals surface area contributed by atoms with Crippen molar-refractivity contribution < 1.29 is 9.53 Å². The molecule has 1 N–H and O–H groups in total. The number of methoxy groups -OCH3 is 1. The Morgan fingerprint density at radius 1 is 1.03 bits per heavy atom. The maximum atomic E-state index is 13.0. The second kappa shape index (κ2) is 10.9. The van der Waals surface area contributed by atoms with Crippen LogP contribution in [-0.4, -0.2) is 68.3 Å². The highest BCUT2D eigenvalue weighted by atomic mass is 35.5. The molecule has 6 nitrogen and oxygen atoms in total. The number of piperidine rings is 1. The van der Waals surface area contributed by atoms with Crippen LogP contribution in [0.15, 0.2) is 36.4 Å². The average Bonchev–Trinajstić information content (AvgIpc) is 2.85. The topological polar surface area (TPSA) is 48.1 Å². The SMILES string of the molecule is COc1ccc(NC(=O)N2CCN(c3cc(Cl)ccc3C)CC2)cc1C1CCN(C(C)C)CC1. The largest absolute Gasteiger partial charge is 0.496 e. The predicted octanol–water partition coefficient (Wildman–Crippen LogP) is 5.60. The van der Waals surface area contributed by atoms with Crippen LogP contribution < -0.4 is 15.0 Å². The van der Waals surface area contributed by atoms with E-state index < -0.39 is 0 Å². The summed E-state index contributed by atoms with van der Waals surface area (Å²) in [6.07, 6.45) is 2.22. The summed E-state index contributed by atoms with van der Waals surface area (Å²) in [5.74, 6) is 1.36. The van der Waals surface area contributed by atoms with Gasteiger partial charge in [-0.1, -0.05) is 17.7 Å². The Morgan fingerprint density at radius 2 is 1.74 bits per heavy atom. The first kappa shape index (κ1) is 24.7. The molecule has 0 spiro atoms. The summed E-state index contributed by atoms with van der Waals surface area (Å²) in [7, 11) is 1.72. The van der Waals surface area contributed by atoms with Gasteiger partial charge in [-0.25, -0.2) is 4.79 Å². The Kier molecular flexibility index (Phi) is 7.89. The maximum Gasteiger partial charge on any atom is 0.321 e. The summed E-state index contributed by atoms with van der Waals surface area (Å²) in [6.45, 7) is 11.7. The quantitative estimate of drug-likeness (QED) is 0.600. The predicted molar refractivity (Wildman–Crippen MR) is 141 cm³/mol. The molecule has 0 unspecified atom stereocenters. The number of halogens is 1. The van der Waals surface area contributed by atoms with E-state index in [4.69, 9.17) is 16.3 Å². The summed E-state index contributed by atoms with van der Waals surface area (Å²) in [4.78, 5) is 19.8. The van der Waals surface area contributed by atoms with Gasteiger partial charge in [0.15, 0.2) is 0 Å². The number of ether oxygens (including phenoxy) is 1. The summed E-state index contributed by atoms with van der Waals surface area (Å²) < 4.78 is 5.67. The van der Waals surface area contributed by atoms with Crippen molar-refractivity contribution in [2.45, 2.75) is 45.6 Å². The van der Waals surface area contributed by atoms with Crippen molar-refractivity contribution in [3.8, 4) is 5.75 Å². The number of carbonyl (C=O) groups is 1. The van der Waals surface area contributed by atoms with Crippen molar-refractivity contribution >= 4 is 29.0 Å². The van der Waals surface area contributed by atoms with Crippen molar-refractivity contribution in [1.29, 1.82) is 0 Å². The van der Waals surface area contributed by atoms with E-state index in [9.17, 15) is 4.79 Å². The number of rotatable bonds is 5. The third-order valence-corrected chi connectivity index (χ3v) is 7.49. The number of hydrogen-bond donors (Lipinski definition) is 1. The zero-order valence-corrected chi connectivity index (χ0v) is 21.6. The summed E-state index contributed by atoms with van der Waals surface area (Å²) in [6, 6.07) is 12.5. The molecule has 0 aliphatic carbocycles. The molecule has 2 aromatic carbocycles. The molecular formula is C27H37ClN4O2. The minimum atomic E-state index is -0.0480. The van der Waals surface area contributed by atoms with Crippen LogP contribution in [0.3, 0.4) is 0 Å². The van der Waals surface area contributed by atoms with Crippen molar-refractivity contribution in [2.75, 3.05) is 56.6 Å². The van der Waals surface area contributed by atoms with Gasteiger partial charge >= 0.3 is 6.03 Å². The molecule has 7 heteroatoms. The number of likely N-dealkylation sites (tertiary alicyclic amines) is 1. The fourth-order valence-electron chi connectivity index (χ4n) is 5.13. The monoisotopic (exact) mass is 484 g/mol. The lowest BCUT2D eigenvalue weighted by Gasteiger charge is -2.37. The number of benzene rings is 2. The number of nitrogens with zero attached hydrogens (tertiary/aromatic N) is 3. The number of aryl methyl sites for hydroxylation is 1. The molecule has 2 saturated heterocycles. The molecule has 184 valence electrons. The Hall–Kier alpha value is -2.44. The lowest BCUT2D eigenvalue weighted by atomic mass is 9.88. The first-order chi connectivity index (χ1) is 16.4. The van der Waals surface area contributed by atoms with E-state index in [2.05, 4.69) is 42.0 Å². The molecule has 2 amide bonds. The fourth-order valence-corrected chi connectivity index (χ4v) is 5.30. The van der Waals surface area contributed by atoms with Crippen molar-refractivity contribution in [3.05, 3.63) is 52.5 Å². The van der Waals surface area contributed by atoms with Gasteiger partial charge < -0.3 is 24.8 Å². The fraction of sp³-hybridized carbons (Fsp3) is 0.519. The highest BCUT2D eigenvalue weighted by Gasteiger charge is 2.26. The van der Waals surface area contributed by atoms with Crippen LogP contribution in [0.25, 0.3) is 0 Å². The van der Waals surface area contributed by atoms with E-state index in [0.717, 1.165) is 61.2 Å². The third kappa shape index (κ3) is 5.61. The van der Waals surface area contributed by atoms with Crippen molar-refractivity contribution in [1.82, 2.24) is 9.80 Å². The first-order valence-corrected chi connectivity index (χ1v) is 12.7. The van der Waals surface area contributed by atoms with Gasteiger partial charge in [-0.15, -0.1) is 0 Å². The van der Waals surface area contributed by atoms with E-state index in [-0.39, 0.29) is 6.03 Å². The van der Waals surface area contributed by atoms with Crippen molar-refractivity contribution in [2.24, 2.45) is 0 Å². The Labute approximate surface area is 208 Å². The molecule has 0 bridgehead atoms. The highest BCUT2D eigenvalue weighted by Crippen LogP contribution is 2.36. The molecule has 2 aliphatic rings.